The van der Waals surface area contributed by atoms with Gasteiger partial charge in [0.1, 0.15) is 0 Å². The average molecular weight is 245 g/mol. The number of benzene rings is 1. The molecule has 1 aromatic heterocycles. The lowest BCUT2D eigenvalue weighted by Crippen LogP contribution is -2.02. The predicted octanol–water partition coefficient (Wildman–Crippen LogP) is 1.92. The molecule has 0 saturated heterocycles. The van der Waals surface area contributed by atoms with Crippen LogP contribution in [0.3, 0.4) is 0 Å². The van der Waals surface area contributed by atoms with Crippen LogP contribution in [0.1, 0.15) is 28.7 Å². The Bertz CT molecular complexity index is 575. The van der Waals surface area contributed by atoms with E-state index in [1.807, 2.05) is 31.2 Å². The molecule has 1 heterocycles. The van der Waals surface area contributed by atoms with Crippen molar-refractivity contribution in [3.63, 3.8) is 0 Å². The third-order valence-electron chi connectivity index (χ3n) is 2.69. The molecule has 2 aromatic rings. The maximum atomic E-state index is 11.3. The molecule has 0 aliphatic heterocycles. The lowest BCUT2D eigenvalue weighted by molar-refractivity contribution is 0.101. The summed E-state index contributed by atoms with van der Waals surface area (Å²) in [6.45, 7) is 3.86. The fourth-order valence-corrected chi connectivity index (χ4v) is 1.84. The third-order valence-corrected chi connectivity index (χ3v) is 2.69. The van der Waals surface area contributed by atoms with Crippen LogP contribution in [-0.4, -0.2) is 27.9 Å². The summed E-state index contributed by atoms with van der Waals surface area (Å²) in [5.74, 6) is -0.0770. The number of ether oxygens (including phenoxy) is 1. The van der Waals surface area contributed by atoms with Gasteiger partial charge in [0.25, 0.3) is 0 Å². The molecular weight excluding hydrogens is 230 g/mol. The number of nitrogens with zero attached hydrogens (tertiary/aromatic N) is 3. The van der Waals surface area contributed by atoms with Crippen molar-refractivity contribution in [3.8, 4) is 5.69 Å². The second-order valence-corrected chi connectivity index (χ2v) is 4.09. The zero-order valence-corrected chi connectivity index (χ0v) is 10.7. The number of hydrogen-bond acceptors (Lipinski definition) is 4. The first-order valence-electron chi connectivity index (χ1n) is 5.65. The van der Waals surface area contributed by atoms with E-state index in [2.05, 4.69) is 10.3 Å². The predicted molar refractivity (Wildman–Crippen MR) is 66.8 cm³/mol. The van der Waals surface area contributed by atoms with E-state index in [0.717, 1.165) is 16.9 Å². The molecule has 0 radical (unpaired) electrons. The first-order chi connectivity index (χ1) is 8.63. The highest BCUT2D eigenvalue weighted by Gasteiger charge is 2.13. The second-order valence-electron chi connectivity index (χ2n) is 4.09. The minimum Gasteiger partial charge on any atom is -0.380 e. The highest BCUT2D eigenvalue weighted by molar-refractivity contribution is 5.93. The van der Waals surface area contributed by atoms with Gasteiger partial charge in [-0.2, -0.15) is 0 Å². The molecule has 0 saturated carbocycles. The van der Waals surface area contributed by atoms with Crippen molar-refractivity contribution in [1.82, 2.24) is 15.0 Å². The minimum absolute atomic E-state index is 0.0770. The van der Waals surface area contributed by atoms with Crippen LogP contribution in [0.5, 0.6) is 0 Å². The Morgan fingerprint density at radius 1 is 1.44 bits per heavy atom. The molecule has 1 aromatic carbocycles. The van der Waals surface area contributed by atoms with Gasteiger partial charge in [0.2, 0.25) is 0 Å². The van der Waals surface area contributed by atoms with Gasteiger partial charge in [-0.3, -0.25) is 4.79 Å². The molecule has 0 N–H and O–H groups in total. The Morgan fingerprint density at radius 3 is 2.83 bits per heavy atom. The molecule has 5 heteroatoms. The van der Waals surface area contributed by atoms with Crippen LogP contribution in [-0.2, 0) is 11.3 Å². The number of carbonyl (C=O) groups is 1. The van der Waals surface area contributed by atoms with Crippen LogP contribution in [0.4, 0.5) is 0 Å². The van der Waals surface area contributed by atoms with Crippen LogP contribution >= 0.6 is 0 Å². The number of ketones is 1. The standard InChI is InChI=1S/C13H15N3O2/c1-9-13(10(2)17)14-15-16(9)12-6-4-5-11(7-12)8-18-3/h4-7H,8H2,1-3H3. The van der Waals surface area contributed by atoms with E-state index in [4.69, 9.17) is 4.74 Å². The molecule has 0 spiro atoms. The van der Waals surface area contributed by atoms with Crippen LogP contribution in [0.15, 0.2) is 24.3 Å². The molecule has 2 rings (SSSR count). The molecule has 5 nitrogen and oxygen atoms in total. The van der Waals surface area contributed by atoms with Crippen molar-refractivity contribution < 1.29 is 9.53 Å². The van der Waals surface area contributed by atoms with Gasteiger partial charge in [-0.1, -0.05) is 17.3 Å². The van der Waals surface area contributed by atoms with Gasteiger partial charge >= 0.3 is 0 Å². The molecule has 94 valence electrons. The summed E-state index contributed by atoms with van der Waals surface area (Å²) in [5.41, 5.74) is 3.08. The monoisotopic (exact) mass is 245 g/mol. The Balaban J connectivity index is 2.42. The summed E-state index contributed by atoms with van der Waals surface area (Å²) in [6, 6.07) is 7.79. The average Bonchev–Trinajstić information content (AvgIpc) is 2.72. The maximum Gasteiger partial charge on any atom is 0.181 e. The molecule has 0 amide bonds. The Kier molecular flexibility index (Phi) is 3.53. The van der Waals surface area contributed by atoms with Crippen molar-refractivity contribution in [3.05, 3.63) is 41.2 Å². The third kappa shape index (κ3) is 2.31. The molecule has 0 bridgehead atoms. The van der Waals surface area contributed by atoms with Crippen molar-refractivity contribution in [2.45, 2.75) is 20.5 Å². The van der Waals surface area contributed by atoms with Crippen molar-refractivity contribution >= 4 is 5.78 Å². The first kappa shape index (κ1) is 12.4. The molecule has 0 aliphatic carbocycles. The summed E-state index contributed by atoms with van der Waals surface area (Å²) in [5, 5.41) is 7.91. The van der Waals surface area contributed by atoms with E-state index < -0.39 is 0 Å². The molecule has 0 fully saturated rings. The van der Waals surface area contributed by atoms with Crippen molar-refractivity contribution in [1.29, 1.82) is 0 Å². The van der Waals surface area contributed by atoms with E-state index in [1.165, 1.54) is 6.92 Å². The number of hydrogen-bond donors (Lipinski definition) is 0. The topological polar surface area (TPSA) is 57.0 Å². The van der Waals surface area contributed by atoms with Gasteiger partial charge in [-0.15, -0.1) is 5.10 Å². The summed E-state index contributed by atoms with van der Waals surface area (Å²) in [7, 11) is 1.65. The fourth-order valence-electron chi connectivity index (χ4n) is 1.84. The van der Waals surface area contributed by atoms with Gasteiger partial charge in [0.15, 0.2) is 11.5 Å². The highest BCUT2D eigenvalue weighted by Crippen LogP contribution is 2.14. The van der Waals surface area contributed by atoms with Gasteiger partial charge in [0, 0.05) is 14.0 Å². The normalized spacial score (nSPS) is 10.6. The van der Waals surface area contributed by atoms with E-state index in [1.54, 1.807) is 11.8 Å². The summed E-state index contributed by atoms with van der Waals surface area (Å²) >= 11 is 0. The molecular formula is C13H15N3O2. The Labute approximate surface area is 105 Å². The molecule has 0 aliphatic rings. The quantitative estimate of drug-likeness (QED) is 0.772. The van der Waals surface area contributed by atoms with Crippen LogP contribution in [0, 0.1) is 6.92 Å². The van der Waals surface area contributed by atoms with Crippen LogP contribution < -0.4 is 0 Å². The van der Waals surface area contributed by atoms with E-state index in [-0.39, 0.29) is 5.78 Å². The van der Waals surface area contributed by atoms with Crippen molar-refractivity contribution in [2.75, 3.05) is 7.11 Å². The maximum absolute atomic E-state index is 11.3. The summed E-state index contributed by atoms with van der Waals surface area (Å²) in [4.78, 5) is 11.3. The number of Topliss-reactive ketones (excluding diaryl/α,β-unsaturated/α-hetero) is 1. The lowest BCUT2D eigenvalue weighted by atomic mass is 10.2. The summed E-state index contributed by atoms with van der Waals surface area (Å²) in [6.07, 6.45) is 0. The summed E-state index contributed by atoms with van der Waals surface area (Å²) < 4.78 is 6.76. The number of carbonyl (C=O) groups excluding carboxylic acids is 1. The van der Waals surface area contributed by atoms with Gasteiger partial charge in [-0.05, 0) is 24.6 Å². The van der Waals surface area contributed by atoms with Gasteiger partial charge in [-0.25, -0.2) is 4.68 Å². The Morgan fingerprint density at radius 2 is 2.22 bits per heavy atom. The smallest absolute Gasteiger partial charge is 0.181 e. The first-order valence-corrected chi connectivity index (χ1v) is 5.65. The minimum atomic E-state index is -0.0770. The number of rotatable bonds is 4. The van der Waals surface area contributed by atoms with E-state index >= 15 is 0 Å². The number of methoxy groups -OCH3 is 1. The fraction of sp³-hybridized carbons (Fsp3) is 0.308. The Hall–Kier alpha value is -2.01. The largest absolute Gasteiger partial charge is 0.380 e. The highest BCUT2D eigenvalue weighted by atomic mass is 16.5. The number of aromatic nitrogens is 3. The van der Waals surface area contributed by atoms with Crippen molar-refractivity contribution in [2.24, 2.45) is 0 Å². The SMILES string of the molecule is COCc1cccc(-n2nnc(C(C)=O)c2C)c1. The second kappa shape index (κ2) is 5.10. The molecule has 18 heavy (non-hydrogen) atoms. The van der Waals surface area contributed by atoms with Gasteiger partial charge in [0.05, 0.1) is 18.0 Å². The molecule has 0 unspecified atom stereocenters. The van der Waals surface area contributed by atoms with Crippen LogP contribution in [0.2, 0.25) is 0 Å². The van der Waals surface area contributed by atoms with E-state index in [0.29, 0.717) is 12.3 Å². The zero-order chi connectivity index (χ0) is 13.1. The molecule has 0 atom stereocenters. The van der Waals surface area contributed by atoms with E-state index in [9.17, 15) is 4.79 Å². The zero-order valence-electron chi connectivity index (χ0n) is 10.7. The van der Waals surface area contributed by atoms with Crippen LogP contribution in [0.25, 0.3) is 5.69 Å². The van der Waals surface area contributed by atoms with Gasteiger partial charge < -0.3 is 4.74 Å². The lowest BCUT2D eigenvalue weighted by Gasteiger charge is -2.05.